The molecular weight excluding hydrogens is 314 g/mol. The molecule has 1 aliphatic rings. The number of hydrogen-bond acceptors (Lipinski definition) is 0. The molecule has 1 rings (SSSR count). The molecule has 0 amide bonds. The van der Waals surface area contributed by atoms with Gasteiger partial charge in [-0.15, -0.1) is 0 Å². The van der Waals surface area contributed by atoms with Gasteiger partial charge in [-0.25, -0.2) is 8.78 Å². The van der Waals surface area contributed by atoms with Crippen LogP contribution in [0.15, 0.2) is 71.9 Å². The molecule has 2 heteroatoms. The Morgan fingerprint density at radius 2 is 1.84 bits per heavy atom. The van der Waals surface area contributed by atoms with Crippen molar-refractivity contribution in [3.8, 4) is 0 Å². The fraction of sp³-hybridized carbons (Fsp3) is 0.478. The molecule has 2 unspecified atom stereocenters. The summed E-state index contributed by atoms with van der Waals surface area (Å²) < 4.78 is 29.0. The van der Waals surface area contributed by atoms with E-state index in [4.69, 9.17) is 0 Å². The van der Waals surface area contributed by atoms with Crippen molar-refractivity contribution < 1.29 is 8.78 Å². The van der Waals surface area contributed by atoms with Gasteiger partial charge in [0.15, 0.2) is 0 Å². The second-order valence-electron chi connectivity index (χ2n) is 7.54. The van der Waals surface area contributed by atoms with Crippen molar-refractivity contribution in [2.45, 2.75) is 54.4 Å². The predicted molar refractivity (Wildman–Crippen MR) is 106 cm³/mol. The van der Waals surface area contributed by atoms with Gasteiger partial charge in [0.25, 0.3) is 0 Å². The first-order chi connectivity index (χ1) is 11.6. The molecule has 0 saturated heterocycles. The highest BCUT2D eigenvalue weighted by Crippen LogP contribution is 2.55. The lowest BCUT2D eigenvalue weighted by Gasteiger charge is -2.49. The van der Waals surface area contributed by atoms with Gasteiger partial charge in [0.2, 0.25) is 0 Å². The molecule has 0 aliphatic heterocycles. The highest BCUT2D eigenvalue weighted by Gasteiger charge is 2.47. The summed E-state index contributed by atoms with van der Waals surface area (Å²) in [4.78, 5) is 0. The zero-order chi connectivity index (χ0) is 19.3. The van der Waals surface area contributed by atoms with Gasteiger partial charge < -0.3 is 0 Å². The summed E-state index contributed by atoms with van der Waals surface area (Å²) in [6.07, 6.45) is 13.6. The summed E-state index contributed by atoms with van der Waals surface area (Å²) in [5.41, 5.74) is 0.600. The summed E-state index contributed by atoms with van der Waals surface area (Å²) in [6, 6.07) is 0. The second kappa shape index (κ2) is 8.60. The summed E-state index contributed by atoms with van der Waals surface area (Å²) in [7, 11) is 0. The quantitative estimate of drug-likeness (QED) is 0.326. The monoisotopic (exact) mass is 346 g/mol. The zero-order valence-corrected chi connectivity index (χ0v) is 16.5. The lowest BCUT2D eigenvalue weighted by atomic mass is 9.55. The van der Waals surface area contributed by atoms with Gasteiger partial charge in [0, 0.05) is 18.4 Å². The molecule has 0 aromatic heterocycles. The molecule has 0 aromatic rings. The van der Waals surface area contributed by atoms with Crippen LogP contribution in [-0.4, -0.2) is 0 Å². The normalized spacial score (nSPS) is 22.1. The molecule has 0 heterocycles. The third kappa shape index (κ3) is 4.48. The van der Waals surface area contributed by atoms with E-state index in [0.717, 1.165) is 12.5 Å². The van der Waals surface area contributed by atoms with Crippen molar-refractivity contribution in [3.05, 3.63) is 71.9 Å². The standard InChI is InChI=1S/C23H32F2/c1-8-11-12-13-17(4)21-19(15-18(24)16-20(21)25)23(7,14-9-2)22(5,6)10-3/h8-9,11-14,16,19H,4,10,15H2,1-3,5-7H3/b11-8-,13-12-,14-9?. The van der Waals surface area contributed by atoms with Crippen LogP contribution in [0.2, 0.25) is 0 Å². The smallest absolute Gasteiger partial charge is 0.129 e. The Bertz CT molecular complexity index is 641. The maximum absolute atomic E-state index is 14.8. The molecule has 0 N–H and O–H groups in total. The number of allylic oxidation sites excluding steroid dienone is 11. The van der Waals surface area contributed by atoms with Crippen molar-refractivity contribution in [3.63, 3.8) is 0 Å². The Morgan fingerprint density at radius 1 is 1.20 bits per heavy atom. The third-order valence-corrected chi connectivity index (χ3v) is 5.81. The molecule has 0 bridgehead atoms. The highest BCUT2D eigenvalue weighted by molar-refractivity contribution is 5.48. The van der Waals surface area contributed by atoms with E-state index in [0.29, 0.717) is 11.1 Å². The van der Waals surface area contributed by atoms with Crippen LogP contribution in [-0.2, 0) is 0 Å². The molecule has 0 fully saturated rings. The zero-order valence-electron chi connectivity index (χ0n) is 16.5. The van der Waals surface area contributed by atoms with Gasteiger partial charge in [-0.2, -0.15) is 0 Å². The summed E-state index contributed by atoms with van der Waals surface area (Å²) >= 11 is 0. The van der Waals surface area contributed by atoms with E-state index in [2.05, 4.69) is 40.3 Å². The Balaban J connectivity index is 3.53. The van der Waals surface area contributed by atoms with Crippen LogP contribution in [0.5, 0.6) is 0 Å². The van der Waals surface area contributed by atoms with Crippen LogP contribution in [0.25, 0.3) is 0 Å². The van der Waals surface area contributed by atoms with Crippen LogP contribution in [0.4, 0.5) is 8.78 Å². The number of halogens is 2. The number of hydrogen-bond donors (Lipinski definition) is 0. The average molecular weight is 347 g/mol. The molecule has 25 heavy (non-hydrogen) atoms. The van der Waals surface area contributed by atoms with E-state index in [9.17, 15) is 8.78 Å². The van der Waals surface area contributed by atoms with Crippen LogP contribution in [0, 0.1) is 16.7 Å². The van der Waals surface area contributed by atoms with E-state index in [1.807, 2.05) is 38.2 Å². The topological polar surface area (TPSA) is 0 Å². The molecule has 0 nitrogen and oxygen atoms in total. The molecular formula is C23H32F2. The molecule has 1 aliphatic carbocycles. The van der Waals surface area contributed by atoms with Crippen LogP contribution >= 0.6 is 0 Å². The fourth-order valence-electron chi connectivity index (χ4n) is 3.54. The lowest BCUT2D eigenvalue weighted by molar-refractivity contribution is 0.0793. The fourth-order valence-corrected chi connectivity index (χ4v) is 3.54. The van der Waals surface area contributed by atoms with Crippen molar-refractivity contribution in [1.82, 2.24) is 0 Å². The van der Waals surface area contributed by atoms with Gasteiger partial charge in [0.05, 0.1) is 0 Å². The van der Waals surface area contributed by atoms with E-state index < -0.39 is 17.1 Å². The summed E-state index contributed by atoms with van der Waals surface area (Å²) in [5, 5.41) is 0. The van der Waals surface area contributed by atoms with Gasteiger partial charge >= 0.3 is 0 Å². The van der Waals surface area contributed by atoms with Crippen LogP contribution in [0.3, 0.4) is 0 Å². The summed E-state index contributed by atoms with van der Waals surface area (Å²) in [6.45, 7) is 16.5. The van der Waals surface area contributed by atoms with E-state index in [1.165, 1.54) is 0 Å². The third-order valence-electron chi connectivity index (χ3n) is 5.81. The molecule has 0 spiro atoms. The predicted octanol–water partition coefficient (Wildman–Crippen LogP) is 7.79. The molecule has 0 aromatic carbocycles. The molecule has 2 atom stereocenters. The first-order valence-electron chi connectivity index (χ1n) is 9.02. The lowest BCUT2D eigenvalue weighted by Crippen LogP contribution is -2.41. The van der Waals surface area contributed by atoms with Gasteiger partial charge in [-0.1, -0.05) is 77.2 Å². The summed E-state index contributed by atoms with van der Waals surface area (Å²) in [5.74, 6) is -1.21. The minimum absolute atomic E-state index is 0.124. The minimum Gasteiger partial charge on any atom is -0.212 e. The van der Waals surface area contributed by atoms with Crippen molar-refractivity contribution >= 4 is 0 Å². The van der Waals surface area contributed by atoms with Crippen molar-refractivity contribution in [2.75, 3.05) is 0 Å². The maximum atomic E-state index is 14.8. The van der Waals surface area contributed by atoms with Crippen molar-refractivity contribution in [1.29, 1.82) is 0 Å². The Kier molecular flexibility index (Phi) is 7.34. The largest absolute Gasteiger partial charge is 0.212 e. The molecule has 0 saturated carbocycles. The highest BCUT2D eigenvalue weighted by atomic mass is 19.1. The number of rotatable bonds is 7. The second-order valence-corrected chi connectivity index (χ2v) is 7.54. The Morgan fingerprint density at radius 3 is 2.36 bits per heavy atom. The van der Waals surface area contributed by atoms with E-state index in [-0.39, 0.29) is 17.8 Å². The molecule has 138 valence electrons. The SMILES string of the molecule is C=C(/C=C\C=C/C)C1=C(F)C=C(F)CC1C(C)(C=CC)C(C)(C)CC. The Hall–Kier alpha value is -1.70. The first kappa shape index (κ1) is 21.3. The van der Waals surface area contributed by atoms with Crippen molar-refractivity contribution in [2.24, 2.45) is 16.7 Å². The van der Waals surface area contributed by atoms with Gasteiger partial charge in [-0.3, -0.25) is 0 Å². The van der Waals surface area contributed by atoms with E-state index >= 15 is 0 Å². The molecule has 0 radical (unpaired) electrons. The van der Waals surface area contributed by atoms with Crippen LogP contribution < -0.4 is 0 Å². The first-order valence-corrected chi connectivity index (χ1v) is 9.02. The minimum atomic E-state index is -0.508. The Labute approximate surface area is 152 Å². The van der Waals surface area contributed by atoms with Gasteiger partial charge in [0.1, 0.15) is 11.7 Å². The average Bonchev–Trinajstić information content (AvgIpc) is 2.54. The maximum Gasteiger partial charge on any atom is 0.129 e. The van der Waals surface area contributed by atoms with Crippen LogP contribution in [0.1, 0.15) is 54.4 Å². The van der Waals surface area contributed by atoms with E-state index in [1.54, 1.807) is 6.08 Å². The van der Waals surface area contributed by atoms with Gasteiger partial charge in [-0.05, 0) is 35.8 Å².